The SMILES string of the molecule is Nc1nc(-c2ccccc2)c(-c2ccccc2F)s1. The van der Waals surface area contributed by atoms with Gasteiger partial charge in [0.1, 0.15) is 5.82 Å². The molecule has 1 heterocycles. The molecule has 19 heavy (non-hydrogen) atoms. The van der Waals surface area contributed by atoms with Crippen LogP contribution in [0.4, 0.5) is 9.52 Å². The van der Waals surface area contributed by atoms with Gasteiger partial charge in [0.05, 0.1) is 10.6 Å². The number of nitrogens with zero attached hydrogens (tertiary/aromatic N) is 1. The molecule has 0 aliphatic rings. The maximum atomic E-state index is 13.9. The predicted octanol–water partition coefficient (Wildman–Crippen LogP) is 4.20. The van der Waals surface area contributed by atoms with E-state index in [4.69, 9.17) is 5.73 Å². The van der Waals surface area contributed by atoms with Crippen molar-refractivity contribution in [2.45, 2.75) is 0 Å². The zero-order valence-electron chi connectivity index (χ0n) is 10.0. The lowest BCUT2D eigenvalue weighted by atomic mass is 10.1. The van der Waals surface area contributed by atoms with Gasteiger partial charge in [-0.15, -0.1) is 0 Å². The number of hydrogen-bond donors (Lipinski definition) is 1. The van der Waals surface area contributed by atoms with Crippen LogP contribution in [-0.4, -0.2) is 4.98 Å². The van der Waals surface area contributed by atoms with E-state index in [9.17, 15) is 4.39 Å². The Kier molecular flexibility index (Phi) is 3.01. The molecule has 0 aliphatic heterocycles. The van der Waals surface area contributed by atoms with Crippen LogP contribution in [0.1, 0.15) is 0 Å². The molecule has 0 spiro atoms. The number of anilines is 1. The number of hydrogen-bond acceptors (Lipinski definition) is 3. The molecule has 0 unspecified atom stereocenters. The molecule has 0 radical (unpaired) electrons. The van der Waals surface area contributed by atoms with Crippen LogP contribution in [-0.2, 0) is 0 Å². The summed E-state index contributed by atoms with van der Waals surface area (Å²) in [6.07, 6.45) is 0. The van der Waals surface area contributed by atoms with Crippen LogP contribution < -0.4 is 5.73 Å². The average molecular weight is 270 g/mol. The smallest absolute Gasteiger partial charge is 0.181 e. The van der Waals surface area contributed by atoms with Gasteiger partial charge in [0, 0.05) is 11.1 Å². The van der Waals surface area contributed by atoms with E-state index in [0.717, 1.165) is 16.1 Å². The lowest BCUT2D eigenvalue weighted by Gasteiger charge is -2.03. The number of benzene rings is 2. The molecule has 0 saturated carbocycles. The van der Waals surface area contributed by atoms with Gasteiger partial charge in [0.15, 0.2) is 5.13 Å². The largest absolute Gasteiger partial charge is 0.375 e. The predicted molar refractivity (Wildman–Crippen MR) is 77.4 cm³/mol. The lowest BCUT2D eigenvalue weighted by Crippen LogP contribution is -1.85. The summed E-state index contributed by atoms with van der Waals surface area (Å²) in [6.45, 7) is 0. The van der Waals surface area contributed by atoms with E-state index in [0.29, 0.717) is 10.7 Å². The molecule has 3 aromatic rings. The molecule has 2 N–H and O–H groups in total. The van der Waals surface area contributed by atoms with E-state index in [1.807, 2.05) is 36.4 Å². The number of nitrogen functional groups attached to an aromatic ring is 1. The van der Waals surface area contributed by atoms with Crippen LogP contribution in [0, 0.1) is 5.82 Å². The highest BCUT2D eigenvalue weighted by Crippen LogP contribution is 2.38. The van der Waals surface area contributed by atoms with Crippen LogP contribution in [0.25, 0.3) is 21.7 Å². The topological polar surface area (TPSA) is 38.9 Å². The first-order valence-electron chi connectivity index (χ1n) is 5.82. The number of aromatic nitrogens is 1. The second-order valence-corrected chi connectivity index (χ2v) is 5.11. The van der Waals surface area contributed by atoms with E-state index in [2.05, 4.69) is 4.98 Å². The van der Waals surface area contributed by atoms with Crippen molar-refractivity contribution in [2.75, 3.05) is 5.73 Å². The van der Waals surface area contributed by atoms with Gasteiger partial charge in [-0.05, 0) is 6.07 Å². The molecule has 94 valence electrons. The van der Waals surface area contributed by atoms with Gasteiger partial charge in [-0.25, -0.2) is 9.37 Å². The van der Waals surface area contributed by atoms with Crippen molar-refractivity contribution in [1.82, 2.24) is 4.98 Å². The molecule has 0 bridgehead atoms. The van der Waals surface area contributed by atoms with Crippen molar-refractivity contribution in [3.05, 3.63) is 60.4 Å². The third kappa shape index (κ3) is 2.22. The first-order chi connectivity index (χ1) is 9.25. The van der Waals surface area contributed by atoms with Crippen molar-refractivity contribution in [3.63, 3.8) is 0 Å². The van der Waals surface area contributed by atoms with Crippen molar-refractivity contribution in [1.29, 1.82) is 0 Å². The molecule has 0 aliphatic carbocycles. The maximum absolute atomic E-state index is 13.9. The Morgan fingerprint density at radius 3 is 2.37 bits per heavy atom. The molecule has 1 aromatic heterocycles. The summed E-state index contributed by atoms with van der Waals surface area (Å²) in [6, 6.07) is 16.3. The van der Waals surface area contributed by atoms with Crippen LogP contribution in [0.15, 0.2) is 54.6 Å². The third-order valence-corrected chi connectivity index (χ3v) is 3.73. The molecule has 2 aromatic carbocycles. The molecule has 0 fully saturated rings. The third-order valence-electron chi connectivity index (χ3n) is 2.81. The van der Waals surface area contributed by atoms with Gasteiger partial charge in [0.2, 0.25) is 0 Å². The van der Waals surface area contributed by atoms with E-state index in [1.165, 1.54) is 17.4 Å². The highest BCUT2D eigenvalue weighted by molar-refractivity contribution is 7.19. The van der Waals surface area contributed by atoms with Crippen molar-refractivity contribution < 1.29 is 4.39 Å². The van der Waals surface area contributed by atoms with E-state index in [-0.39, 0.29) is 5.82 Å². The monoisotopic (exact) mass is 270 g/mol. The minimum Gasteiger partial charge on any atom is -0.375 e. The van der Waals surface area contributed by atoms with Gasteiger partial charge in [0.25, 0.3) is 0 Å². The van der Waals surface area contributed by atoms with Crippen molar-refractivity contribution >= 4 is 16.5 Å². The fraction of sp³-hybridized carbons (Fsp3) is 0. The summed E-state index contributed by atoms with van der Waals surface area (Å²) in [7, 11) is 0. The summed E-state index contributed by atoms with van der Waals surface area (Å²) < 4.78 is 13.9. The Morgan fingerprint density at radius 1 is 0.947 bits per heavy atom. The molecule has 4 heteroatoms. The molecule has 2 nitrogen and oxygen atoms in total. The Balaban J connectivity index is 2.21. The van der Waals surface area contributed by atoms with Gasteiger partial charge in [-0.1, -0.05) is 59.9 Å². The Morgan fingerprint density at radius 2 is 1.63 bits per heavy atom. The van der Waals surface area contributed by atoms with Gasteiger partial charge >= 0.3 is 0 Å². The summed E-state index contributed by atoms with van der Waals surface area (Å²) in [5.74, 6) is -0.261. The van der Waals surface area contributed by atoms with Crippen LogP contribution in [0.3, 0.4) is 0 Å². The fourth-order valence-electron chi connectivity index (χ4n) is 1.96. The Bertz CT molecular complexity index is 707. The second kappa shape index (κ2) is 4.82. The quantitative estimate of drug-likeness (QED) is 0.758. The van der Waals surface area contributed by atoms with Gasteiger partial charge < -0.3 is 5.73 Å². The van der Waals surface area contributed by atoms with Crippen molar-refractivity contribution in [2.24, 2.45) is 0 Å². The molecule has 0 amide bonds. The Labute approximate surface area is 114 Å². The molecule has 0 atom stereocenters. The minimum absolute atomic E-state index is 0.261. The van der Waals surface area contributed by atoms with Gasteiger partial charge in [-0.3, -0.25) is 0 Å². The molecule has 0 saturated heterocycles. The number of rotatable bonds is 2. The first-order valence-corrected chi connectivity index (χ1v) is 6.64. The van der Waals surface area contributed by atoms with Crippen LogP contribution in [0.5, 0.6) is 0 Å². The van der Waals surface area contributed by atoms with E-state index in [1.54, 1.807) is 12.1 Å². The summed E-state index contributed by atoms with van der Waals surface area (Å²) in [5, 5.41) is 0.442. The first kappa shape index (κ1) is 11.9. The standard InChI is InChI=1S/C15H11FN2S/c16-12-9-5-4-8-11(12)14-13(18-15(17)19-14)10-6-2-1-3-7-10/h1-9H,(H2,17,18). The van der Waals surface area contributed by atoms with Gasteiger partial charge in [-0.2, -0.15) is 0 Å². The summed E-state index contributed by atoms with van der Waals surface area (Å²) >= 11 is 1.30. The van der Waals surface area contributed by atoms with E-state index < -0.39 is 0 Å². The zero-order valence-corrected chi connectivity index (χ0v) is 10.8. The number of nitrogens with two attached hydrogens (primary N) is 1. The average Bonchev–Trinajstić information content (AvgIpc) is 2.82. The molecular formula is C15H11FN2S. The molecule has 3 rings (SSSR count). The van der Waals surface area contributed by atoms with Crippen molar-refractivity contribution in [3.8, 4) is 21.7 Å². The summed E-state index contributed by atoms with van der Waals surface area (Å²) in [5.41, 5.74) is 8.00. The number of thiazole rings is 1. The Hall–Kier alpha value is -2.20. The fourth-order valence-corrected chi connectivity index (χ4v) is 2.84. The normalized spacial score (nSPS) is 10.6. The highest BCUT2D eigenvalue weighted by Gasteiger charge is 2.15. The molecular weight excluding hydrogens is 259 g/mol. The second-order valence-electron chi connectivity index (χ2n) is 4.08. The highest BCUT2D eigenvalue weighted by atomic mass is 32.1. The zero-order chi connectivity index (χ0) is 13.2. The minimum atomic E-state index is -0.261. The maximum Gasteiger partial charge on any atom is 0.181 e. The summed E-state index contributed by atoms with van der Waals surface area (Å²) in [4.78, 5) is 5.09. The van der Waals surface area contributed by atoms with E-state index >= 15 is 0 Å². The lowest BCUT2D eigenvalue weighted by molar-refractivity contribution is 0.631. The van der Waals surface area contributed by atoms with Crippen LogP contribution >= 0.6 is 11.3 Å². The number of halogens is 1. The van der Waals surface area contributed by atoms with Crippen LogP contribution in [0.2, 0.25) is 0 Å².